The molecule has 0 spiro atoms. The largest absolute Gasteiger partial charge is 0.858 e. The molecule has 2 aliphatic heterocycles. The molecular formula is C64H72F6I10N5O16S4-. The molecule has 7 rings (SSSR count). The Balaban J connectivity index is 0.000000431. The Morgan fingerprint density at radius 2 is 0.867 bits per heavy atom. The molecule has 4 aromatic rings. The van der Waals surface area contributed by atoms with E-state index in [-0.39, 0.29) is 50.9 Å². The first-order chi connectivity index (χ1) is 48.1. The van der Waals surface area contributed by atoms with Crippen LogP contribution in [-0.2, 0) is 63.4 Å². The molecular weight excluding hydrogens is 2610 g/mol. The van der Waals surface area contributed by atoms with Crippen LogP contribution in [0.4, 0.5) is 26.3 Å². The van der Waals surface area contributed by atoms with E-state index in [1.807, 2.05) is 131 Å². The molecule has 2 saturated heterocycles. The van der Waals surface area contributed by atoms with Crippen molar-refractivity contribution in [1.29, 1.82) is 0 Å². The van der Waals surface area contributed by atoms with Gasteiger partial charge in [0.15, 0.2) is 0 Å². The Bertz CT molecular complexity index is 4030. The second-order valence-electron chi connectivity index (χ2n) is 24.2. The van der Waals surface area contributed by atoms with Crippen molar-refractivity contribution >= 4 is 303 Å². The number of nitrogens with one attached hydrogen (secondary N) is 2. The summed E-state index contributed by atoms with van der Waals surface area (Å²) in [6.07, 6.45) is 1.91. The highest BCUT2D eigenvalue weighted by Crippen LogP contribution is 2.51. The minimum absolute atomic E-state index is 0.0107. The van der Waals surface area contributed by atoms with Crippen LogP contribution >= 0.6 is 238 Å². The van der Waals surface area contributed by atoms with Gasteiger partial charge in [0.2, 0.25) is 0 Å². The Labute approximate surface area is 749 Å². The fraction of sp³-hybridized carbons (Fsp3) is 0.438. The molecule has 2 heterocycles. The van der Waals surface area contributed by atoms with Crippen LogP contribution in [0.5, 0.6) is 0 Å². The van der Waals surface area contributed by atoms with E-state index in [1.54, 1.807) is 101 Å². The quantitative estimate of drug-likeness (QED) is 0.0145. The van der Waals surface area contributed by atoms with Crippen LogP contribution in [0.2, 0.25) is 0 Å². The Morgan fingerprint density at radius 1 is 0.543 bits per heavy atom. The molecule has 3 fully saturated rings. The molecule has 0 aromatic heterocycles. The number of hydrogen-bond donors (Lipinski definition) is 2. The normalized spacial score (nSPS) is 17.3. The summed E-state index contributed by atoms with van der Waals surface area (Å²) < 4.78 is 176. The van der Waals surface area contributed by atoms with Crippen LogP contribution in [0.3, 0.4) is 0 Å². The molecule has 105 heavy (non-hydrogen) atoms. The third-order valence-corrected chi connectivity index (χ3v) is 30.9. The first kappa shape index (κ1) is 101. The summed E-state index contributed by atoms with van der Waals surface area (Å²) in [4.78, 5) is 36.7. The van der Waals surface area contributed by atoms with Gasteiger partial charge in [-0.05, 0) is 337 Å². The van der Waals surface area contributed by atoms with E-state index in [4.69, 9.17) is 18.9 Å². The van der Waals surface area contributed by atoms with Crippen LogP contribution in [0.1, 0.15) is 84.9 Å². The smallest absolute Gasteiger partial charge is 0.518 e. The van der Waals surface area contributed by atoms with Crippen LogP contribution in [0.15, 0.2) is 115 Å². The lowest BCUT2D eigenvalue weighted by Gasteiger charge is -2.50. The second-order valence-corrected chi connectivity index (χ2v) is 41.9. The third-order valence-electron chi connectivity index (χ3n) is 14.9. The minimum atomic E-state index is -5.82. The predicted octanol–water partition coefficient (Wildman–Crippen LogP) is 11.2. The minimum Gasteiger partial charge on any atom is -0.858 e. The maximum atomic E-state index is 12.3. The summed E-state index contributed by atoms with van der Waals surface area (Å²) in [5.74, 6) is -1.36. The van der Waals surface area contributed by atoms with Crippen LogP contribution in [0, 0.1) is 52.4 Å². The zero-order valence-corrected chi connectivity index (χ0v) is 81.8. The lowest BCUT2D eigenvalue weighted by Crippen LogP contribution is -3.14. The van der Waals surface area contributed by atoms with Gasteiger partial charge in [-0.3, -0.25) is 0 Å². The highest BCUT2D eigenvalue weighted by molar-refractivity contribution is 14.1. The van der Waals surface area contributed by atoms with Crippen molar-refractivity contribution in [2.75, 3.05) is 77.2 Å². The van der Waals surface area contributed by atoms with Crippen molar-refractivity contribution in [3.05, 3.63) is 150 Å². The first-order valence-corrected chi connectivity index (χ1v) is 46.6. The van der Waals surface area contributed by atoms with Gasteiger partial charge < -0.3 is 44.1 Å². The van der Waals surface area contributed by atoms with Crippen LogP contribution in [-0.4, -0.2) is 155 Å². The van der Waals surface area contributed by atoms with Gasteiger partial charge in [-0.2, -0.15) is 76.6 Å². The maximum Gasteiger partial charge on any atom is 0.518 e. The van der Waals surface area contributed by atoms with E-state index in [2.05, 4.69) is 135 Å². The average Bonchev–Trinajstić information content (AvgIpc) is 0.762. The molecule has 0 bridgehead atoms. The standard InChI is InChI=1S/C15H26O2.C13H7I4NO3S.C10H17NO3.C10H17NO2S.2C8H3F3I3NO3S/c1-10(2)13(16)17-12-8-14(4,5)11(3)15(6,7)9-12;14-7-1-3-9(4-2-7)22(20,21)18-13(19)10-5-8(15)6-11(16)12(10)17;1-9(2)10(12)14-8-5-11-3-6-13-7-4-11;1-9(2)10(12)13-6-3-11-4-7-14-8-5-11;2*9-8(10,11)19(17,18)15-7(16)4-1-3(12)2-5(13)6(4)14/h11-12H,1,8-9H2,2-7H3;1-6H,(H,18,19);2*1,3-8H2,2H3;2*1-2H,(H,15,16)/p-1. The molecule has 586 valence electrons. The number of alkyl halides is 6. The summed E-state index contributed by atoms with van der Waals surface area (Å²) in [5.41, 5.74) is -9.37. The predicted molar refractivity (Wildman–Crippen MR) is 471 cm³/mol. The molecule has 0 atom stereocenters. The van der Waals surface area contributed by atoms with Crippen molar-refractivity contribution in [3.8, 4) is 0 Å². The number of morpholine rings is 1. The lowest BCUT2D eigenvalue weighted by molar-refractivity contribution is -0.908. The molecule has 0 amide bonds. The molecule has 4 aromatic carbocycles. The fourth-order valence-electron chi connectivity index (χ4n) is 9.01. The summed E-state index contributed by atoms with van der Waals surface area (Å²) in [6.45, 7) is 35.9. The van der Waals surface area contributed by atoms with Gasteiger partial charge in [0.25, 0.3) is 10.0 Å². The number of quaternary nitrogens is 2. The zero-order valence-electron chi connectivity index (χ0n) is 57.0. The monoisotopic (exact) mass is 2680 g/mol. The van der Waals surface area contributed by atoms with E-state index in [0.717, 1.165) is 62.9 Å². The van der Waals surface area contributed by atoms with Gasteiger partial charge in [0, 0.05) is 98.3 Å². The van der Waals surface area contributed by atoms with Gasteiger partial charge in [-0.25, -0.2) is 14.4 Å². The van der Waals surface area contributed by atoms with E-state index >= 15 is 0 Å². The van der Waals surface area contributed by atoms with Gasteiger partial charge in [0.1, 0.15) is 45.5 Å². The van der Waals surface area contributed by atoms with Gasteiger partial charge in [-0.15, -0.1) is 0 Å². The van der Waals surface area contributed by atoms with E-state index in [9.17, 15) is 81.3 Å². The molecule has 41 heteroatoms. The van der Waals surface area contributed by atoms with E-state index < -0.39 is 58.8 Å². The molecule has 1 saturated carbocycles. The third kappa shape index (κ3) is 35.3. The topological polar surface area (TPSA) is 306 Å². The number of hydrogen-bond acceptors (Lipinski definition) is 17. The number of sulfonamides is 3. The van der Waals surface area contributed by atoms with E-state index in [0.29, 0.717) is 66.4 Å². The molecule has 2 N–H and O–H groups in total. The average molecular weight is 2680 g/mol. The summed E-state index contributed by atoms with van der Waals surface area (Å²) in [7, 11) is -15.6. The van der Waals surface area contributed by atoms with Gasteiger partial charge in [0.05, 0.1) is 31.2 Å². The number of ether oxygens (including phenoxy) is 4. The number of thioether (sulfide) groups is 1. The Kier molecular flexibility index (Phi) is 44.1. The SMILES string of the molecule is C=C(C)C(=O)OC1CC(C)(C)C(C)C(C)(C)C1.C=C(C)C(=O)OCC[NH+]1CCOCC1.C=C(C)C(=O)OCC[NH+]1CCSCC1.O=S(=O)(N=C([O-])c1cc(I)cc(I)c1I)C(F)(F)F.O=S(=O)(N=C([O-])c1cc(I)cc(I)c1I)C(F)(F)F.O=S(=O)(N=C([O-])c1cc(I)cc(I)c1I)c1ccc(I)cc1. The van der Waals surface area contributed by atoms with Gasteiger partial charge in [-0.1, -0.05) is 54.4 Å². The highest BCUT2D eigenvalue weighted by Gasteiger charge is 2.48. The van der Waals surface area contributed by atoms with Crippen molar-refractivity contribution in [2.45, 2.75) is 90.2 Å². The Hall–Kier alpha value is -0.120. The number of rotatable bonds is 17. The molecule has 0 radical (unpaired) electrons. The maximum absolute atomic E-state index is 12.3. The van der Waals surface area contributed by atoms with Crippen molar-refractivity contribution in [3.63, 3.8) is 0 Å². The number of benzene rings is 4. The number of halogens is 16. The van der Waals surface area contributed by atoms with Crippen LogP contribution in [0.25, 0.3) is 0 Å². The fourth-order valence-corrected chi connectivity index (χ4v) is 19.3. The number of esters is 3. The van der Waals surface area contributed by atoms with Crippen molar-refractivity contribution < 1.29 is 110 Å². The molecule has 3 aliphatic rings. The highest BCUT2D eigenvalue weighted by atomic mass is 127. The Morgan fingerprint density at radius 3 is 1.19 bits per heavy atom. The summed E-state index contributed by atoms with van der Waals surface area (Å²) in [6, 6.07) is 15.7. The zero-order chi connectivity index (χ0) is 80.7. The summed E-state index contributed by atoms with van der Waals surface area (Å²) in [5, 5.41) is 35.4. The second kappa shape index (κ2) is 45.8. The van der Waals surface area contributed by atoms with Gasteiger partial charge >= 0.3 is 49.0 Å². The number of carbonyl (C=O) groups is 3. The molecule has 0 unspecified atom stereocenters. The van der Waals surface area contributed by atoms with Crippen molar-refractivity contribution in [2.24, 2.45) is 29.9 Å². The lowest BCUT2D eigenvalue weighted by atomic mass is 9.57. The molecule has 21 nitrogen and oxygen atoms in total. The number of carbonyl (C=O) groups excluding carboxylic acids is 3. The first-order valence-electron chi connectivity index (χ1n) is 30.3. The van der Waals surface area contributed by atoms with E-state index in [1.165, 1.54) is 53.8 Å². The van der Waals surface area contributed by atoms with Crippen molar-refractivity contribution in [1.82, 2.24) is 0 Å². The van der Waals surface area contributed by atoms with Crippen LogP contribution < -0.4 is 25.1 Å². The molecule has 1 aliphatic carbocycles. The summed E-state index contributed by atoms with van der Waals surface area (Å²) >= 11 is 21.3. The number of nitrogens with zero attached hydrogens (tertiary/aromatic N) is 3.